The van der Waals surface area contributed by atoms with Gasteiger partial charge in [0.25, 0.3) is 0 Å². The van der Waals surface area contributed by atoms with Crippen molar-refractivity contribution in [3.05, 3.63) is 439 Å². The number of benzene rings is 18. The van der Waals surface area contributed by atoms with Crippen LogP contribution in [0.25, 0.3) is 110 Å². The van der Waals surface area contributed by atoms with E-state index in [9.17, 15) is 0 Å². The highest BCUT2D eigenvalue weighted by Crippen LogP contribution is 2.47. The fraction of sp³-hybridized carbons (Fsp3) is 0. The quantitative estimate of drug-likeness (QED) is 0.108. The molecule has 0 saturated heterocycles. The van der Waals surface area contributed by atoms with E-state index in [0.717, 1.165) is 98.8 Å². The Morgan fingerprint density at radius 1 is 0.193 bits per heavy atom. The van der Waals surface area contributed by atoms with E-state index in [2.05, 4.69) is 413 Å². The van der Waals surface area contributed by atoms with Crippen molar-refractivity contribution in [3.63, 3.8) is 0 Å². The molecular weight excluding hydrogens is 1430 g/mol. The summed E-state index contributed by atoms with van der Waals surface area (Å²) >= 11 is 15.7. The average molecular weight is 1500 g/mol. The van der Waals surface area contributed by atoms with Crippen LogP contribution in [0.15, 0.2) is 434 Å². The molecule has 19 aromatic rings. The predicted octanol–water partition coefficient (Wildman–Crippen LogP) is 31.2. The van der Waals surface area contributed by atoms with Gasteiger partial charge in [0, 0.05) is 81.9 Å². The lowest BCUT2D eigenvalue weighted by Crippen LogP contribution is -2.10. The minimum atomic E-state index is 0.744. The van der Waals surface area contributed by atoms with Gasteiger partial charge in [0.15, 0.2) is 0 Å². The summed E-state index contributed by atoms with van der Waals surface area (Å²) in [5, 5.41) is 11.0. The Morgan fingerprint density at radius 2 is 0.477 bits per heavy atom. The average Bonchev–Trinajstić information content (AvgIpc) is 1.16. The summed E-state index contributed by atoms with van der Waals surface area (Å²) in [6.45, 7) is 0. The molecule has 19 rings (SSSR count). The fourth-order valence-corrected chi connectivity index (χ4v) is 15.5. The van der Waals surface area contributed by atoms with Crippen LogP contribution in [0.4, 0.5) is 51.2 Å². The molecule has 0 N–H and O–H groups in total. The van der Waals surface area contributed by atoms with Gasteiger partial charge in [-0.25, -0.2) is 0 Å². The molecular formula is C102H70BrCl2N3O. The molecule has 0 radical (unpaired) electrons. The minimum absolute atomic E-state index is 0.744. The molecule has 4 nitrogen and oxygen atoms in total. The lowest BCUT2D eigenvalue weighted by Gasteiger charge is -2.28. The van der Waals surface area contributed by atoms with Gasteiger partial charge in [0.05, 0.1) is 11.4 Å². The van der Waals surface area contributed by atoms with Crippen LogP contribution < -0.4 is 14.7 Å². The Balaban J connectivity index is 0.000000137. The molecule has 0 atom stereocenters. The normalized spacial score (nSPS) is 11.1. The van der Waals surface area contributed by atoms with Crippen LogP contribution in [-0.2, 0) is 0 Å². The molecule has 1 heterocycles. The molecule has 0 amide bonds. The van der Waals surface area contributed by atoms with Gasteiger partial charge < -0.3 is 19.1 Å². The maximum atomic E-state index is 6.31. The molecule has 0 aliphatic rings. The molecule has 0 aliphatic heterocycles. The monoisotopic (exact) mass is 1500 g/mol. The number of furan rings is 1. The number of halogens is 3. The number of hydrogen-bond acceptors (Lipinski definition) is 4. The van der Waals surface area contributed by atoms with E-state index in [0.29, 0.717) is 0 Å². The summed E-state index contributed by atoms with van der Waals surface area (Å²) in [4.78, 5) is 6.99. The van der Waals surface area contributed by atoms with Crippen molar-refractivity contribution in [2.75, 3.05) is 14.7 Å². The Labute approximate surface area is 653 Å². The first-order chi connectivity index (χ1) is 53.8. The van der Waals surface area contributed by atoms with Crippen molar-refractivity contribution in [2.45, 2.75) is 0 Å². The van der Waals surface area contributed by atoms with Crippen LogP contribution in [0.5, 0.6) is 0 Å². The second-order valence-corrected chi connectivity index (χ2v) is 28.4. The molecule has 0 spiro atoms. The van der Waals surface area contributed by atoms with E-state index in [-0.39, 0.29) is 0 Å². The van der Waals surface area contributed by atoms with E-state index < -0.39 is 0 Å². The maximum Gasteiger partial charge on any atom is 0.137 e. The lowest BCUT2D eigenvalue weighted by molar-refractivity contribution is 0.669. The molecule has 1 aromatic heterocycles. The van der Waals surface area contributed by atoms with E-state index >= 15 is 0 Å². The Bertz CT molecular complexity index is 6350. The second kappa shape index (κ2) is 31.6. The molecule has 0 aliphatic carbocycles. The third-order valence-corrected chi connectivity index (χ3v) is 21.2. The maximum absolute atomic E-state index is 6.31. The number of nitrogens with zero attached hydrogens (tertiary/aromatic N) is 3. The Morgan fingerprint density at radius 3 is 0.908 bits per heavy atom. The van der Waals surface area contributed by atoms with Gasteiger partial charge in [-0.1, -0.05) is 324 Å². The van der Waals surface area contributed by atoms with Crippen LogP contribution in [0.3, 0.4) is 0 Å². The van der Waals surface area contributed by atoms with E-state index in [1.165, 1.54) is 76.8 Å². The Hall–Kier alpha value is -13.0. The molecule has 7 heteroatoms. The van der Waals surface area contributed by atoms with Gasteiger partial charge in [-0.2, -0.15) is 0 Å². The van der Waals surface area contributed by atoms with E-state index in [4.69, 9.17) is 27.6 Å². The summed E-state index contributed by atoms with van der Waals surface area (Å²) < 4.78 is 7.43. The van der Waals surface area contributed by atoms with Gasteiger partial charge in [-0.3, -0.25) is 0 Å². The summed E-state index contributed by atoms with van der Waals surface area (Å²) in [6.07, 6.45) is 0. The highest BCUT2D eigenvalue weighted by atomic mass is 79.9. The molecule has 0 bridgehead atoms. The minimum Gasteiger partial charge on any atom is -0.456 e. The van der Waals surface area contributed by atoms with Crippen LogP contribution in [-0.4, -0.2) is 0 Å². The van der Waals surface area contributed by atoms with Crippen molar-refractivity contribution < 1.29 is 4.42 Å². The second-order valence-electron chi connectivity index (χ2n) is 26.7. The van der Waals surface area contributed by atoms with Crippen molar-refractivity contribution >= 4 is 145 Å². The number of para-hydroxylation sites is 4. The summed E-state index contributed by atoms with van der Waals surface area (Å²) in [5.41, 5.74) is 23.6. The topological polar surface area (TPSA) is 22.9 Å². The SMILES string of the molecule is Clc1ccc(-c2ccc(Br)c3ccccc23)cc1.Clc1ccc(-c2ccc(N(c3ccccc3)c3ccc(-c4ccccc4)cc3)c3ccccc23)cc1.c1ccc(-c2ccc(N(c3ccccc3)c3ccc(-c4ccc(N(c5ccccc5)c5ccc6c(c5)oc5ccccc56)cc4)c4ccccc34)cc2)cc1. The zero-order valence-electron chi connectivity index (χ0n) is 59.3. The molecule has 520 valence electrons. The third kappa shape index (κ3) is 14.6. The van der Waals surface area contributed by atoms with Crippen LogP contribution >= 0.6 is 39.1 Å². The van der Waals surface area contributed by atoms with E-state index in [1.54, 1.807) is 0 Å². The summed E-state index contributed by atoms with van der Waals surface area (Å²) in [5.74, 6) is 0. The van der Waals surface area contributed by atoms with Crippen LogP contribution in [0.2, 0.25) is 10.0 Å². The number of rotatable bonds is 14. The van der Waals surface area contributed by atoms with E-state index in [1.807, 2.05) is 42.5 Å². The van der Waals surface area contributed by atoms with Crippen molar-refractivity contribution in [1.29, 1.82) is 0 Å². The highest BCUT2D eigenvalue weighted by Gasteiger charge is 2.22. The Kier molecular flexibility index (Phi) is 20.0. The summed E-state index contributed by atoms with van der Waals surface area (Å²) in [6, 6.07) is 149. The number of hydrogen-bond donors (Lipinski definition) is 0. The van der Waals surface area contributed by atoms with Crippen molar-refractivity contribution in [2.24, 2.45) is 0 Å². The molecule has 0 saturated carbocycles. The molecule has 109 heavy (non-hydrogen) atoms. The van der Waals surface area contributed by atoms with Gasteiger partial charge in [0.1, 0.15) is 11.2 Å². The highest BCUT2D eigenvalue weighted by molar-refractivity contribution is 9.10. The van der Waals surface area contributed by atoms with Gasteiger partial charge in [0.2, 0.25) is 0 Å². The molecule has 18 aromatic carbocycles. The van der Waals surface area contributed by atoms with Gasteiger partial charge in [-0.05, 0) is 211 Å². The van der Waals surface area contributed by atoms with Crippen LogP contribution in [0, 0.1) is 0 Å². The first-order valence-electron chi connectivity index (χ1n) is 36.4. The fourth-order valence-electron chi connectivity index (χ4n) is 14.8. The third-order valence-electron chi connectivity index (χ3n) is 20.0. The largest absolute Gasteiger partial charge is 0.456 e. The van der Waals surface area contributed by atoms with Crippen molar-refractivity contribution in [3.8, 4) is 55.6 Å². The predicted molar refractivity (Wildman–Crippen MR) is 468 cm³/mol. The number of fused-ring (bicyclic) bond motifs is 6. The number of anilines is 9. The van der Waals surface area contributed by atoms with Crippen LogP contribution in [0.1, 0.15) is 0 Å². The van der Waals surface area contributed by atoms with Crippen molar-refractivity contribution in [1.82, 2.24) is 0 Å². The van der Waals surface area contributed by atoms with Gasteiger partial charge >= 0.3 is 0 Å². The first kappa shape index (κ1) is 69.1. The zero-order valence-corrected chi connectivity index (χ0v) is 62.4. The molecule has 0 unspecified atom stereocenters. The van der Waals surface area contributed by atoms with Gasteiger partial charge in [-0.15, -0.1) is 0 Å². The zero-order chi connectivity index (χ0) is 73.4. The first-order valence-corrected chi connectivity index (χ1v) is 38.0. The standard InChI is InChI=1S/C52H36N2O.C34H24ClN.C16H10BrCl/c1-4-14-37(15-5-1)38-24-28-43(29-25-38)54(41-18-8-3-9-19-41)50-35-34-45(46-20-10-11-21-47(46)50)39-26-30-42(31-27-39)53(40-16-6-2-7-17-40)44-32-33-49-48-22-12-13-23-51(48)55-52(49)36-44;35-28-19-15-27(16-20-28)31-23-24-34(33-14-8-7-13-32(31)33)36(29-11-5-2-6-12-29)30-21-17-26(18-22-30)25-9-3-1-4-10-25;17-16-10-9-13(11-5-7-12(18)8-6-11)14-3-1-2-4-15(14)16/h1-36H;1-24H;1-10H. The smallest absolute Gasteiger partial charge is 0.137 e. The lowest BCUT2D eigenvalue weighted by atomic mass is 9.96. The summed E-state index contributed by atoms with van der Waals surface area (Å²) in [7, 11) is 0. The molecule has 0 fully saturated rings.